The highest BCUT2D eigenvalue weighted by atomic mass is 19.1. The van der Waals surface area contributed by atoms with Gasteiger partial charge in [-0.2, -0.15) is 5.10 Å². The number of fused-ring (bicyclic) bond motifs is 2. The van der Waals surface area contributed by atoms with Crippen molar-refractivity contribution in [3.8, 4) is 0 Å². The van der Waals surface area contributed by atoms with Crippen LogP contribution in [0.25, 0.3) is 10.9 Å². The van der Waals surface area contributed by atoms with E-state index in [2.05, 4.69) is 20.3 Å². The van der Waals surface area contributed by atoms with Crippen LogP contribution in [0, 0.1) is 5.82 Å². The van der Waals surface area contributed by atoms with Gasteiger partial charge in [-0.15, -0.1) is 0 Å². The maximum absolute atomic E-state index is 14.5. The lowest BCUT2D eigenvalue weighted by Crippen LogP contribution is -2.59. The summed E-state index contributed by atoms with van der Waals surface area (Å²) in [5.41, 5.74) is 2.06. The summed E-state index contributed by atoms with van der Waals surface area (Å²) < 4.78 is 21.7. The average molecular weight is 524 g/mol. The van der Waals surface area contributed by atoms with Crippen LogP contribution in [0.2, 0.25) is 0 Å². The summed E-state index contributed by atoms with van der Waals surface area (Å²) in [6.45, 7) is 11.4. The molecule has 38 heavy (non-hydrogen) atoms. The van der Waals surface area contributed by atoms with Gasteiger partial charge in [0, 0.05) is 61.4 Å². The summed E-state index contributed by atoms with van der Waals surface area (Å²) in [6.07, 6.45) is 3.76. The van der Waals surface area contributed by atoms with E-state index >= 15 is 0 Å². The van der Waals surface area contributed by atoms with E-state index in [4.69, 9.17) is 4.74 Å². The molecule has 2 aromatic heterocycles. The molecule has 11 heteroatoms. The van der Waals surface area contributed by atoms with Gasteiger partial charge in [0.05, 0.1) is 12.1 Å². The molecule has 3 aromatic rings. The van der Waals surface area contributed by atoms with E-state index in [9.17, 15) is 14.0 Å². The molecular weight excluding hydrogens is 489 g/mol. The van der Waals surface area contributed by atoms with Crippen LogP contribution in [0.3, 0.4) is 0 Å². The molecule has 2 aliphatic heterocycles. The molecular formula is C27H34FN7O3. The van der Waals surface area contributed by atoms with Crippen LogP contribution in [-0.4, -0.2) is 69.1 Å². The Morgan fingerprint density at radius 2 is 1.87 bits per heavy atom. The van der Waals surface area contributed by atoms with Gasteiger partial charge in [-0.3, -0.25) is 14.5 Å². The van der Waals surface area contributed by atoms with Crippen LogP contribution < -0.4 is 15.1 Å². The van der Waals surface area contributed by atoms with Gasteiger partial charge in [0.25, 0.3) is 0 Å². The molecule has 0 saturated carbocycles. The Morgan fingerprint density at radius 1 is 1.16 bits per heavy atom. The number of nitrogens with one attached hydrogen (secondary N) is 1. The monoisotopic (exact) mass is 523 g/mol. The minimum Gasteiger partial charge on any atom is -0.444 e. The number of rotatable bonds is 2. The topological polar surface area (TPSA) is 95.8 Å². The number of aromatic nitrogens is 3. The molecule has 0 unspecified atom stereocenters. The minimum atomic E-state index is -0.556. The molecule has 0 bridgehead atoms. The van der Waals surface area contributed by atoms with Crippen molar-refractivity contribution >= 4 is 40.2 Å². The molecule has 1 saturated heterocycles. The Kier molecular flexibility index (Phi) is 6.40. The number of amides is 3. The maximum Gasteiger partial charge on any atom is 0.410 e. The van der Waals surface area contributed by atoms with Crippen LogP contribution in [0.15, 0.2) is 30.6 Å². The lowest BCUT2D eigenvalue weighted by atomic mass is 10.1. The third-order valence-electron chi connectivity index (χ3n) is 6.89. The summed E-state index contributed by atoms with van der Waals surface area (Å²) in [4.78, 5) is 36.2. The molecule has 1 aromatic carbocycles. The Morgan fingerprint density at radius 3 is 2.55 bits per heavy atom. The van der Waals surface area contributed by atoms with E-state index in [0.29, 0.717) is 42.9 Å². The summed E-state index contributed by atoms with van der Waals surface area (Å²) in [5, 5.41) is 7.54. The van der Waals surface area contributed by atoms with E-state index < -0.39 is 11.4 Å². The van der Waals surface area contributed by atoms with Gasteiger partial charge in [0.15, 0.2) is 5.82 Å². The van der Waals surface area contributed by atoms with Crippen molar-refractivity contribution in [1.29, 1.82) is 0 Å². The van der Waals surface area contributed by atoms with Gasteiger partial charge >= 0.3 is 12.1 Å². The van der Waals surface area contributed by atoms with Crippen LogP contribution in [0.4, 0.5) is 31.2 Å². The number of ether oxygens (including phenoxy) is 1. The number of urea groups is 1. The first kappa shape index (κ1) is 25.7. The highest BCUT2D eigenvalue weighted by Crippen LogP contribution is 2.36. The minimum absolute atomic E-state index is 0.0597. The van der Waals surface area contributed by atoms with Gasteiger partial charge in [0.2, 0.25) is 0 Å². The summed E-state index contributed by atoms with van der Waals surface area (Å²) in [5.74, 6) is 0.104. The fourth-order valence-corrected chi connectivity index (χ4v) is 5.44. The molecule has 10 nitrogen and oxygen atoms in total. The lowest BCUT2D eigenvalue weighted by Gasteiger charge is -2.45. The molecule has 4 heterocycles. The largest absolute Gasteiger partial charge is 0.444 e. The quantitative estimate of drug-likeness (QED) is 0.530. The number of aryl methyl sites for hydroxylation is 1. The molecule has 2 aliphatic rings. The van der Waals surface area contributed by atoms with Crippen molar-refractivity contribution in [3.63, 3.8) is 0 Å². The molecule has 3 amide bonds. The number of nitrogens with zero attached hydrogens (tertiary/aromatic N) is 6. The van der Waals surface area contributed by atoms with Crippen molar-refractivity contribution < 1.29 is 18.7 Å². The SMILES string of the molecule is C[C@@H]1CN(c2ccnc3c2CCN3C(=O)Nc2cc(F)c3nn(C)cc3c2)C[C@H](C)N1C(=O)OC(C)(C)C. The number of benzene rings is 1. The first-order chi connectivity index (χ1) is 17.9. The smallest absolute Gasteiger partial charge is 0.410 e. The Labute approximate surface area is 221 Å². The van der Waals surface area contributed by atoms with Crippen molar-refractivity contribution in [2.75, 3.05) is 34.8 Å². The molecule has 2 atom stereocenters. The summed E-state index contributed by atoms with van der Waals surface area (Å²) in [7, 11) is 1.72. The highest BCUT2D eigenvalue weighted by molar-refractivity contribution is 6.04. The fourth-order valence-electron chi connectivity index (χ4n) is 5.44. The number of anilines is 3. The molecule has 0 spiro atoms. The number of pyridine rings is 1. The zero-order valence-corrected chi connectivity index (χ0v) is 22.7. The highest BCUT2D eigenvalue weighted by Gasteiger charge is 2.37. The fraction of sp³-hybridized carbons (Fsp3) is 0.481. The third-order valence-corrected chi connectivity index (χ3v) is 6.89. The first-order valence-corrected chi connectivity index (χ1v) is 12.9. The van der Waals surface area contributed by atoms with E-state index in [0.717, 1.165) is 11.3 Å². The zero-order chi connectivity index (χ0) is 27.4. The summed E-state index contributed by atoms with van der Waals surface area (Å²) in [6, 6.07) is 4.46. The van der Waals surface area contributed by atoms with E-state index in [1.165, 1.54) is 10.7 Å². The van der Waals surface area contributed by atoms with Crippen molar-refractivity contribution in [2.24, 2.45) is 7.05 Å². The standard InChI is InChI=1S/C27H34FN7O3/c1-16-13-33(14-17(2)35(16)26(37)38-27(3,4)5)22-7-9-29-24-20(22)8-10-34(24)25(36)30-19-11-18-15-32(6)31-23(18)21(28)12-19/h7,9,11-12,15-17H,8,10,13-14H2,1-6H3,(H,30,36)/t16-,17+. The second-order valence-electron chi connectivity index (χ2n) is 11.2. The van der Waals surface area contributed by atoms with Crippen LogP contribution >= 0.6 is 0 Å². The van der Waals surface area contributed by atoms with Gasteiger partial charge in [-0.05, 0) is 59.2 Å². The number of hydrogen-bond donors (Lipinski definition) is 1. The van der Waals surface area contributed by atoms with Crippen molar-refractivity contribution in [2.45, 2.75) is 58.7 Å². The molecule has 1 fully saturated rings. The molecule has 0 aliphatic carbocycles. The predicted octanol–water partition coefficient (Wildman–Crippen LogP) is 4.54. The zero-order valence-electron chi connectivity index (χ0n) is 22.7. The second-order valence-corrected chi connectivity index (χ2v) is 11.2. The van der Waals surface area contributed by atoms with E-state index in [1.807, 2.05) is 40.7 Å². The van der Waals surface area contributed by atoms with Crippen LogP contribution in [0.5, 0.6) is 0 Å². The maximum atomic E-state index is 14.5. The third kappa shape index (κ3) is 4.84. The van der Waals surface area contributed by atoms with Gasteiger partial charge < -0.3 is 15.0 Å². The van der Waals surface area contributed by atoms with Crippen LogP contribution in [0.1, 0.15) is 40.2 Å². The molecule has 1 N–H and O–H groups in total. The normalized spacial score (nSPS) is 19.6. The van der Waals surface area contributed by atoms with Gasteiger partial charge in [0.1, 0.15) is 16.9 Å². The Hall–Kier alpha value is -3.89. The number of halogens is 1. The molecule has 202 valence electrons. The Balaban J connectivity index is 1.33. The number of carbonyl (C=O) groups is 2. The number of carbonyl (C=O) groups excluding carboxylic acids is 2. The number of hydrogen-bond acceptors (Lipinski definition) is 6. The average Bonchev–Trinajstić information content (AvgIpc) is 3.40. The van der Waals surface area contributed by atoms with Crippen molar-refractivity contribution in [3.05, 3.63) is 42.0 Å². The lowest BCUT2D eigenvalue weighted by molar-refractivity contribution is 0.00565. The first-order valence-electron chi connectivity index (χ1n) is 12.9. The molecule has 5 rings (SSSR count). The van der Waals surface area contributed by atoms with E-state index in [1.54, 1.807) is 35.3 Å². The van der Waals surface area contributed by atoms with Gasteiger partial charge in [-0.25, -0.2) is 19.0 Å². The summed E-state index contributed by atoms with van der Waals surface area (Å²) >= 11 is 0. The predicted molar refractivity (Wildman–Crippen MR) is 144 cm³/mol. The number of piperazine rings is 1. The Bertz CT molecular complexity index is 1390. The van der Waals surface area contributed by atoms with Gasteiger partial charge in [-0.1, -0.05) is 0 Å². The second kappa shape index (κ2) is 9.45. The molecule has 0 radical (unpaired) electrons. The van der Waals surface area contributed by atoms with Crippen molar-refractivity contribution in [1.82, 2.24) is 19.7 Å². The van der Waals surface area contributed by atoms with E-state index in [-0.39, 0.29) is 29.7 Å². The van der Waals surface area contributed by atoms with Crippen LogP contribution in [-0.2, 0) is 18.2 Å².